The van der Waals surface area contributed by atoms with Gasteiger partial charge in [-0.1, -0.05) is 16.8 Å². The smallest absolute Gasteiger partial charge is 0.308 e. The third-order valence-corrected chi connectivity index (χ3v) is 4.72. The van der Waals surface area contributed by atoms with Gasteiger partial charge in [0.05, 0.1) is 18.6 Å². The Bertz CT molecular complexity index is 818. The van der Waals surface area contributed by atoms with Crippen LogP contribution in [-0.2, 0) is 9.53 Å². The van der Waals surface area contributed by atoms with Crippen molar-refractivity contribution in [3.05, 3.63) is 53.2 Å². The van der Waals surface area contributed by atoms with Gasteiger partial charge in [-0.3, -0.25) is 4.79 Å². The predicted molar refractivity (Wildman–Crippen MR) is 100 cm³/mol. The van der Waals surface area contributed by atoms with Crippen LogP contribution in [0.25, 0.3) is 0 Å². The van der Waals surface area contributed by atoms with Gasteiger partial charge in [-0.05, 0) is 49.2 Å². The molecule has 27 heavy (non-hydrogen) atoms. The maximum Gasteiger partial charge on any atom is 0.308 e. The number of carbonyl (C=O) groups is 1. The summed E-state index contributed by atoms with van der Waals surface area (Å²) in [5.74, 6) is 0.911. The van der Waals surface area contributed by atoms with Gasteiger partial charge < -0.3 is 19.6 Å². The lowest BCUT2D eigenvalue weighted by atomic mass is 9.96. The van der Waals surface area contributed by atoms with Crippen LogP contribution in [0.1, 0.15) is 18.4 Å². The van der Waals surface area contributed by atoms with Crippen molar-refractivity contribution >= 4 is 23.4 Å². The highest BCUT2D eigenvalue weighted by molar-refractivity contribution is 6.30. The molecule has 1 aromatic heterocycles. The Kier molecular flexibility index (Phi) is 6.13. The third-order valence-electron chi connectivity index (χ3n) is 4.46. The first-order valence-corrected chi connectivity index (χ1v) is 8.94. The molecule has 1 N–H and O–H groups in total. The monoisotopic (exact) mass is 389 g/mol. The maximum atomic E-state index is 11.7. The van der Waals surface area contributed by atoms with Crippen molar-refractivity contribution in [2.45, 2.75) is 12.8 Å². The molecule has 0 bridgehead atoms. The number of oxime groups is 1. The molecule has 1 aliphatic rings. The summed E-state index contributed by atoms with van der Waals surface area (Å²) in [6.07, 6.45) is 2.85. The lowest BCUT2D eigenvalue weighted by molar-refractivity contribution is -0.146. The number of methoxy groups -OCH3 is 1. The van der Waals surface area contributed by atoms with E-state index in [0.717, 1.165) is 0 Å². The summed E-state index contributed by atoms with van der Waals surface area (Å²) in [7, 11) is 1.39. The molecule has 8 heteroatoms. The van der Waals surface area contributed by atoms with Gasteiger partial charge in [0.1, 0.15) is 5.75 Å². The number of amidine groups is 1. The molecule has 0 atom stereocenters. The number of aromatic nitrogens is 1. The number of hydrogen-bond acceptors (Lipinski definition) is 6. The van der Waals surface area contributed by atoms with Crippen LogP contribution < -0.4 is 4.74 Å². The average molecular weight is 390 g/mol. The number of esters is 1. The first kappa shape index (κ1) is 19.0. The van der Waals surface area contributed by atoms with E-state index in [2.05, 4.69) is 10.1 Å². The Balaban J connectivity index is 1.78. The van der Waals surface area contributed by atoms with Gasteiger partial charge in [-0.2, -0.15) is 0 Å². The summed E-state index contributed by atoms with van der Waals surface area (Å²) >= 11 is 5.90. The zero-order valence-electron chi connectivity index (χ0n) is 14.8. The van der Waals surface area contributed by atoms with E-state index in [9.17, 15) is 10.0 Å². The minimum absolute atomic E-state index is 0.134. The molecule has 2 heterocycles. The number of rotatable bonds is 4. The molecule has 1 saturated heterocycles. The van der Waals surface area contributed by atoms with Gasteiger partial charge in [-0.15, -0.1) is 0 Å². The molecular weight excluding hydrogens is 370 g/mol. The van der Waals surface area contributed by atoms with Gasteiger partial charge >= 0.3 is 5.97 Å². The molecule has 3 rings (SSSR count). The zero-order chi connectivity index (χ0) is 19.2. The Morgan fingerprint density at radius 3 is 2.59 bits per heavy atom. The second-order valence-corrected chi connectivity index (χ2v) is 6.56. The predicted octanol–water partition coefficient (Wildman–Crippen LogP) is 3.55. The SMILES string of the molecule is COC(=O)C1CCN(/C(=N\O)c2cccnc2Oc2ccc(Cl)cc2)CC1. The molecule has 0 spiro atoms. The summed E-state index contributed by atoms with van der Waals surface area (Å²) in [5.41, 5.74) is 0.562. The quantitative estimate of drug-likeness (QED) is 0.283. The Morgan fingerprint density at radius 2 is 1.96 bits per heavy atom. The highest BCUT2D eigenvalue weighted by Crippen LogP contribution is 2.27. The second kappa shape index (κ2) is 8.73. The largest absolute Gasteiger partial charge is 0.469 e. The highest BCUT2D eigenvalue weighted by atomic mass is 35.5. The fourth-order valence-corrected chi connectivity index (χ4v) is 3.16. The Labute approximate surface area is 162 Å². The van der Waals surface area contributed by atoms with E-state index in [0.29, 0.717) is 54.0 Å². The molecule has 1 aliphatic heterocycles. The number of pyridine rings is 1. The van der Waals surface area contributed by atoms with E-state index in [1.807, 2.05) is 4.90 Å². The first-order valence-electron chi connectivity index (χ1n) is 8.56. The van der Waals surface area contributed by atoms with Gasteiger partial charge in [0.2, 0.25) is 5.88 Å². The Morgan fingerprint density at radius 1 is 1.26 bits per heavy atom. The fourth-order valence-electron chi connectivity index (χ4n) is 3.04. The van der Waals surface area contributed by atoms with Crippen molar-refractivity contribution < 1.29 is 19.5 Å². The van der Waals surface area contributed by atoms with Crippen LogP contribution in [-0.4, -0.2) is 47.1 Å². The maximum absolute atomic E-state index is 11.7. The van der Waals surface area contributed by atoms with E-state index in [1.54, 1.807) is 42.6 Å². The van der Waals surface area contributed by atoms with Crippen LogP contribution in [0.3, 0.4) is 0 Å². The lowest BCUT2D eigenvalue weighted by Crippen LogP contribution is -2.41. The molecule has 1 aromatic carbocycles. The van der Waals surface area contributed by atoms with Gasteiger partial charge in [-0.25, -0.2) is 4.98 Å². The van der Waals surface area contributed by atoms with E-state index >= 15 is 0 Å². The van der Waals surface area contributed by atoms with E-state index < -0.39 is 0 Å². The minimum Gasteiger partial charge on any atom is -0.469 e. The van der Waals surface area contributed by atoms with Crippen molar-refractivity contribution in [3.63, 3.8) is 0 Å². The molecule has 2 aromatic rings. The summed E-state index contributed by atoms with van der Waals surface area (Å²) < 4.78 is 10.7. The highest BCUT2D eigenvalue weighted by Gasteiger charge is 2.29. The van der Waals surface area contributed by atoms with E-state index in [4.69, 9.17) is 21.1 Å². The summed E-state index contributed by atoms with van der Waals surface area (Å²) in [6, 6.07) is 10.4. The van der Waals surface area contributed by atoms with Crippen LogP contribution in [0.15, 0.2) is 47.8 Å². The third kappa shape index (κ3) is 4.49. The fraction of sp³-hybridized carbons (Fsp3) is 0.316. The van der Waals surface area contributed by atoms with Crippen molar-refractivity contribution in [1.29, 1.82) is 0 Å². The molecule has 0 aliphatic carbocycles. The van der Waals surface area contributed by atoms with Crippen LogP contribution in [0.4, 0.5) is 0 Å². The topological polar surface area (TPSA) is 84.2 Å². The zero-order valence-corrected chi connectivity index (χ0v) is 15.6. The molecule has 0 radical (unpaired) electrons. The Hall–Kier alpha value is -2.80. The van der Waals surface area contributed by atoms with Crippen LogP contribution >= 0.6 is 11.6 Å². The number of halogens is 1. The van der Waals surface area contributed by atoms with Gasteiger partial charge in [0, 0.05) is 24.3 Å². The first-order chi connectivity index (χ1) is 13.1. The molecule has 0 unspecified atom stereocenters. The number of hydrogen-bond donors (Lipinski definition) is 1. The second-order valence-electron chi connectivity index (χ2n) is 6.12. The molecule has 142 valence electrons. The van der Waals surface area contributed by atoms with Crippen molar-refractivity contribution in [1.82, 2.24) is 9.88 Å². The number of benzene rings is 1. The molecule has 1 fully saturated rings. The lowest BCUT2D eigenvalue weighted by Gasteiger charge is -2.32. The van der Waals surface area contributed by atoms with Crippen molar-refractivity contribution in [2.75, 3.05) is 20.2 Å². The minimum atomic E-state index is -0.203. The standard InChI is InChI=1S/C19H20ClN3O4/c1-26-19(24)13-8-11-23(12-9-13)17(22-25)16-3-2-10-21-18(16)27-15-6-4-14(20)5-7-15/h2-7,10,13,25H,8-9,11-12H2,1H3/b22-17-. The van der Waals surface area contributed by atoms with E-state index in [1.165, 1.54) is 7.11 Å². The molecular formula is C19H20ClN3O4. The number of nitrogens with zero attached hydrogens (tertiary/aromatic N) is 3. The van der Waals surface area contributed by atoms with E-state index in [-0.39, 0.29) is 11.9 Å². The number of likely N-dealkylation sites (tertiary alicyclic amines) is 1. The summed E-state index contributed by atoms with van der Waals surface area (Å²) in [5, 5.41) is 13.7. The molecule has 7 nitrogen and oxygen atoms in total. The average Bonchev–Trinajstić information content (AvgIpc) is 2.71. The molecule has 0 saturated carbocycles. The van der Waals surface area contributed by atoms with Gasteiger partial charge in [0.15, 0.2) is 5.84 Å². The van der Waals surface area contributed by atoms with Crippen molar-refractivity contribution in [3.8, 4) is 11.6 Å². The number of carbonyl (C=O) groups excluding carboxylic acids is 1. The summed E-state index contributed by atoms with van der Waals surface area (Å²) in [6.45, 7) is 1.13. The van der Waals surface area contributed by atoms with Crippen molar-refractivity contribution in [2.24, 2.45) is 11.1 Å². The van der Waals surface area contributed by atoms with Crippen LogP contribution in [0.5, 0.6) is 11.6 Å². The van der Waals surface area contributed by atoms with Crippen LogP contribution in [0.2, 0.25) is 5.02 Å². The normalized spacial score (nSPS) is 15.5. The van der Waals surface area contributed by atoms with Crippen LogP contribution in [0, 0.1) is 5.92 Å². The number of piperidine rings is 1. The van der Waals surface area contributed by atoms with Gasteiger partial charge in [0.25, 0.3) is 0 Å². The number of ether oxygens (including phenoxy) is 2. The molecule has 0 amide bonds. The summed E-state index contributed by atoms with van der Waals surface area (Å²) in [4.78, 5) is 17.9.